The van der Waals surface area contributed by atoms with Crippen molar-refractivity contribution in [3.8, 4) is 0 Å². The smallest absolute Gasteiger partial charge is 0.305 e. The van der Waals surface area contributed by atoms with Gasteiger partial charge in [0.05, 0.1) is 25.4 Å². The first-order chi connectivity index (χ1) is 40.0. The number of hydrogen-bond acceptors (Lipinski definition) is 5. The van der Waals surface area contributed by atoms with Crippen LogP contribution in [0.1, 0.15) is 406 Å². The average molecular weight is 1140 g/mol. The zero-order valence-electron chi connectivity index (χ0n) is 54.8. The maximum absolute atomic E-state index is 12.5. The van der Waals surface area contributed by atoms with Crippen LogP contribution < -0.4 is 5.32 Å². The van der Waals surface area contributed by atoms with Crippen molar-refractivity contribution >= 4 is 11.9 Å². The Hall–Kier alpha value is -1.92. The molecular weight excluding hydrogens is 995 g/mol. The number of unbranched alkanes of at least 4 members (excludes halogenated alkanes) is 54. The van der Waals surface area contributed by atoms with E-state index in [9.17, 15) is 19.8 Å². The predicted molar refractivity (Wildman–Crippen MR) is 356 cm³/mol. The van der Waals surface area contributed by atoms with Crippen LogP contribution in [0.15, 0.2) is 36.5 Å². The molecule has 0 heterocycles. The van der Waals surface area contributed by atoms with Crippen LogP contribution in [0.3, 0.4) is 0 Å². The van der Waals surface area contributed by atoms with Crippen molar-refractivity contribution in [1.29, 1.82) is 0 Å². The van der Waals surface area contributed by atoms with Gasteiger partial charge >= 0.3 is 5.97 Å². The molecular formula is C75H143NO5. The molecule has 0 spiro atoms. The highest BCUT2D eigenvalue weighted by atomic mass is 16.5. The van der Waals surface area contributed by atoms with Crippen molar-refractivity contribution in [2.24, 2.45) is 0 Å². The second-order valence-corrected chi connectivity index (χ2v) is 25.3. The Morgan fingerprint density at radius 3 is 0.877 bits per heavy atom. The standard InChI is InChI=1S/C75H143NO5/c1-3-5-7-9-11-13-15-17-40-45-49-53-57-61-65-69-75(80)81-70-66-62-58-54-50-46-42-39-37-35-33-31-29-27-25-23-21-19-20-22-24-26-28-30-32-34-36-38-41-44-48-52-56-60-64-68-74(79)76-72(71-77)73(78)67-63-59-55-51-47-43-18-16-14-12-10-8-6-4-2/h17,21,23,40,63,67,72-73,77-78H,3-16,18-20,22,24-39,41-62,64-66,68-71H2,1-2H3,(H,76,79)/b23-21-,40-17-,67-63+. The van der Waals surface area contributed by atoms with E-state index < -0.39 is 12.1 Å². The summed E-state index contributed by atoms with van der Waals surface area (Å²) in [5.74, 6) is -0.0501. The molecule has 478 valence electrons. The minimum absolute atomic E-state index is 0.0124. The highest BCUT2D eigenvalue weighted by Crippen LogP contribution is 2.19. The summed E-state index contributed by atoms with van der Waals surface area (Å²) in [5, 5.41) is 23.1. The maximum Gasteiger partial charge on any atom is 0.305 e. The molecule has 0 saturated heterocycles. The Morgan fingerprint density at radius 1 is 0.333 bits per heavy atom. The summed E-state index contributed by atoms with van der Waals surface area (Å²) in [6, 6.07) is -0.625. The number of rotatable bonds is 69. The molecule has 1 amide bonds. The minimum atomic E-state index is -0.841. The summed E-state index contributed by atoms with van der Waals surface area (Å²) >= 11 is 0. The molecule has 0 aliphatic heterocycles. The Bertz CT molecular complexity index is 1310. The Morgan fingerprint density at radius 2 is 0.580 bits per heavy atom. The Kier molecular flexibility index (Phi) is 68.9. The number of nitrogens with one attached hydrogen (secondary N) is 1. The van der Waals surface area contributed by atoms with Crippen molar-refractivity contribution in [2.45, 2.75) is 418 Å². The van der Waals surface area contributed by atoms with E-state index in [1.54, 1.807) is 6.08 Å². The van der Waals surface area contributed by atoms with Crippen LogP contribution in [-0.4, -0.2) is 47.4 Å². The second kappa shape index (κ2) is 70.6. The van der Waals surface area contributed by atoms with Crippen LogP contribution >= 0.6 is 0 Å². The van der Waals surface area contributed by atoms with Crippen molar-refractivity contribution in [1.82, 2.24) is 5.32 Å². The fourth-order valence-corrected chi connectivity index (χ4v) is 11.5. The number of carbonyl (C=O) groups is 2. The van der Waals surface area contributed by atoms with E-state index >= 15 is 0 Å². The second-order valence-electron chi connectivity index (χ2n) is 25.3. The summed E-state index contributed by atoms with van der Waals surface area (Å²) in [6.45, 7) is 4.92. The van der Waals surface area contributed by atoms with Crippen molar-refractivity contribution < 1.29 is 24.5 Å². The van der Waals surface area contributed by atoms with Crippen LogP contribution in [0, 0.1) is 0 Å². The molecule has 0 saturated carbocycles. The van der Waals surface area contributed by atoms with Gasteiger partial charge in [-0.2, -0.15) is 0 Å². The van der Waals surface area contributed by atoms with Crippen LogP contribution in [0.5, 0.6) is 0 Å². The van der Waals surface area contributed by atoms with Gasteiger partial charge < -0.3 is 20.3 Å². The number of amides is 1. The molecule has 6 nitrogen and oxygen atoms in total. The molecule has 2 unspecified atom stereocenters. The zero-order valence-corrected chi connectivity index (χ0v) is 54.8. The van der Waals surface area contributed by atoms with Crippen molar-refractivity contribution in [3.05, 3.63) is 36.5 Å². The van der Waals surface area contributed by atoms with E-state index in [1.807, 2.05) is 6.08 Å². The van der Waals surface area contributed by atoms with Gasteiger partial charge in [-0.1, -0.05) is 346 Å². The molecule has 3 N–H and O–H groups in total. The molecule has 0 aromatic carbocycles. The van der Waals surface area contributed by atoms with Crippen LogP contribution in [0.25, 0.3) is 0 Å². The number of carbonyl (C=O) groups excluding carboxylic acids is 2. The first-order valence-electron chi connectivity index (χ1n) is 36.8. The molecule has 6 heteroatoms. The predicted octanol–water partition coefficient (Wildman–Crippen LogP) is 23.9. The summed E-state index contributed by atoms with van der Waals surface area (Å²) in [6.07, 6.45) is 91.1. The van der Waals surface area contributed by atoms with Crippen LogP contribution in [0.4, 0.5) is 0 Å². The molecule has 81 heavy (non-hydrogen) atoms. The lowest BCUT2D eigenvalue weighted by atomic mass is 10.0. The van der Waals surface area contributed by atoms with Gasteiger partial charge in [-0.15, -0.1) is 0 Å². The van der Waals surface area contributed by atoms with E-state index in [-0.39, 0.29) is 18.5 Å². The van der Waals surface area contributed by atoms with Crippen molar-refractivity contribution in [2.75, 3.05) is 13.2 Å². The SMILES string of the molecule is CCCCCCCC/C=C\CCCCCCCC(=O)OCCCCCCCCCCCCCCCC/C=C\CCCCCCCCCCCCCCCCCCCC(=O)NC(CO)C(O)/C=C/CCCCCCCCCCCCCC. The van der Waals surface area contributed by atoms with Gasteiger partial charge in [0.25, 0.3) is 0 Å². The third kappa shape index (κ3) is 67.1. The maximum atomic E-state index is 12.5. The summed E-state index contributed by atoms with van der Waals surface area (Å²) < 4.78 is 5.49. The summed E-state index contributed by atoms with van der Waals surface area (Å²) in [7, 11) is 0. The normalized spacial score (nSPS) is 12.7. The molecule has 0 bridgehead atoms. The number of allylic oxidation sites excluding steroid dienone is 5. The van der Waals surface area contributed by atoms with Crippen LogP contribution in [0.2, 0.25) is 0 Å². The number of hydrogen-bond donors (Lipinski definition) is 3. The number of aliphatic hydroxyl groups is 2. The zero-order chi connectivity index (χ0) is 58.5. The van der Waals surface area contributed by atoms with Gasteiger partial charge in [-0.3, -0.25) is 9.59 Å². The van der Waals surface area contributed by atoms with E-state index in [2.05, 4.69) is 43.5 Å². The lowest BCUT2D eigenvalue weighted by molar-refractivity contribution is -0.143. The third-order valence-electron chi connectivity index (χ3n) is 17.1. The molecule has 0 aromatic heterocycles. The first kappa shape index (κ1) is 79.1. The molecule has 0 aliphatic rings. The Labute approximate surface area is 506 Å². The van der Waals surface area contributed by atoms with E-state index in [4.69, 9.17) is 4.74 Å². The molecule has 0 fully saturated rings. The third-order valence-corrected chi connectivity index (χ3v) is 17.1. The lowest BCUT2D eigenvalue weighted by Gasteiger charge is -2.20. The van der Waals surface area contributed by atoms with Crippen LogP contribution in [-0.2, 0) is 14.3 Å². The van der Waals surface area contributed by atoms with Gasteiger partial charge in [0.2, 0.25) is 5.91 Å². The summed E-state index contributed by atoms with van der Waals surface area (Å²) in [4.78, 5) is 24.6. The lowest BCUT2D eigenvalue weighted by Crippen LogP contribution is -2.45. The highest BCUT2D eigenvalue weighted by molar-refractivity contribution is 5.76. The van der Waals surface area contributed by atoms with Gasteiger partial charge in [-0.25, -0.2) is 0 Å². The molecule has 0 radical (unpaired) electrons. The average Bonchev–Trinajstić information content (AvgIpc) is 3.47. The minimum Gasteiger partial charge on any atom is -0.466 e. The Balaban J connectivity index is 3.34. The monoisotopic (exact) mass is 1140 g/mol. The molecule has 2 atom stereocenters. The largest absolute Gasteiger partial charge is 0.466 e. The first-order valence-corrected chi connectivity index (χ1v) is 36.8. The number of ether oxygens (including phenoxy) is 1. The fraction of sp³-hybridized carbons (Fsp3) is 0.893. The summed E-state index contributed by atoms with van der Waals surface area (Å²) in [5.41, 5.74) is 0. The van der Waals surface area contributed by atoms with E-state index in [0.717, 1.165) is 44.9 Å². The van der Waals surface area contributed by atoms with E-state index in [0.29, 0.717) is 19.4 Å². The fourth-order valence-electron chi connectivity index (χ4n) is 11.5. The highest BCUT2D eigenvalue weighted by Gasteiger charge is 2.18. The molecule has 0 rings (SSSR count). The topological polar surface area (TPSA) is 95.9 Å². The molecule has 0 aromatic rings. The quantitative estimate of drug-likeness (QED) is 0.0320. The van der Waals surface area contributed by atoms with Gasteiger partial charge in [0, 0.05) is 12.8 Å². The van der Waals surface area contributed by atoms with E-state index in [1.165, 1.54) is 334 Å². The van der Waals surface area contributed by atoms with Gasteiger partial charge in [0.15, 0.2) is 0 Å². The van der Waals surface area contributed by atoms with Gasteiger partial charge in [-0.05, 0) is 83.5 Å². The van der Waals surface area contributed by atoms with Gasteiger partial charge in [0.1, 0.15) is 0 Å². The van der Waals surface area contributed by atoms with Crippen molar-refractivity contribution in [3.63, 3.8) is 0 Å². The number of aliphatic hydroxyl groups excluding tert-OH is 2. The molecule has 0 aliphatic carbocycles. The number of esters is 1.